The van der Waals surface area contributed by atoms with Gasteiger partial charge in [0.1, 0.15) is 23.1 Å². The zero-order chi connectivity index (χ0) is 22.9. The second-order valence-electron chi connectivity index (χ2n) is 7.32. The third-order valence-electron chi connectivity index (χ3n) is 5.16. The minimum Gasteiger partial charge on any atom is -0.483 e. The molecule has 4 rings (SSSR count). The van der Waals surface area contributed by atoms with E-state index >= 15 is 0 Å². The van der Waals surface area contributed by atoms with Gasteiger partial charge >= 0.3 is 0 Å². The van der Waals surface area contributed by atoms with E-state index in [0.29, 0.717) is 24.2 Å². The van der Waals surface area contributed by atoms with E-state index in [9.17, 15) is 22.0 Å². The van der Waals surface area contributed by atoms with Crippen molar-refractivity contribution in [3.05, 3.63) is 83.4 Å². The number of amides is 1. The molecule has 1 N–H and O–H groups in total. The van der Waals surface area contributed by atoms with Crippen LogP contribution in [-0.2, 0) is 21.2 Å². The first-order valence-corrected chi connectivity index (χ1v) is 11.3. The summed E-state index contributed by atoms with van der Waals surface area (Å²) < 4.78 is 60.4. The highest BCUT2D eigenvalue weighted by atomic mass is 32.2. The van der Waals surface area contributed by atoms with Crippen molar-refractivity contribution in [2.45, 2.75) is 18.2 Å². The number of aryl methyl sites for hydroxylation is 1. The van der Waals surface area contributed by atoms with Gasteiger partial charge in [-0.2, -0.15) is 0 Å². The highest BCUT2D eigenvalue weighted by Gasteiger charge is 2.30. The number of para-hydroxylation sites is 2. The number of carbonyl (C=O) groups excluding carboxylic acids is 1. The van der Waals surface area contributed by atoms with Crippen LogP contribution < -0.4 is 14.4 Å². The van der Waals surface area contributed by atoms with Gasteiger partial charge in [-0.05, 0) is 60.9 Å². The van der Waals surface area contributed by atoms with E-state index in [1.807, 2.05) is 12.1 Å². The predicted octanol–water partition coefficient (Wildman–Crippen LogP) is 4.04. The standard InChI is InChI=1S/C23H20F2N2O4S/c1-15-13-17(32(29,30)27-12-11-16-5-2-3-8-20(16)27)9-10-21(15)31-14-22(28)26-23-18(24)6-4-7-19(23)25/h2-10,13H,11-12,14H2,1H3,(H,26,28). The number of sulfonamides is 1. The lowest BCUT2D eigenvalue weighted by molar-refractivity contribution is -0.118. The Morgan fingerprint density at radius 3 is 2.50 bits per heavy atom. The Morgan fingerprint density at radius 2 is 1.78 bits per heavy atom. The second kappa shape index (κ2) is 8.58. The Hall–Kier alpha value is -3.46. The molecule has 0 saturated heterocycles. The van der Waals surface area contributed by atoms with Gasteiger partial charge in [0.25, 0.3) is 15.9 Å². The summed E-state index contributed by atoms with van der Waals surface area (Å²) in [7, 11) is -3.76. The molecule has 3 aromatic rings. The van der Waals surface area contributed by atoms with Crippen molar-refractivity contribution >= 4 is 27.3 Å². The number of benzene rings is 3. The number of hydrogen-bond acceptors (Lipinski definition) is 4. The molecule has 1 amide bonds. The number of carbonyl (C=O) groups is 1. The van der Waals surface area contributed by atoms with Gasteiger partial charge in [-0.15, -0.1) is 0 Å². The average Bonchev–Trinajstić information content (AvgIpc) is 3.20. The highest BCUT2D eigenvalue weighted by molar-refractivity contribution is 7.92. The summed E-state index contributed by atoms with van der Waals surface area (Å²) in [6.07, 6.45) is 0.646. The normalized spacial score (nSPS) is 13.0. The molecule has 166 valence electrons. The molecule has 1 aliphatic heterocycles. The Balaban J connectivity index is 1.46. The van der Waals surface area contributed by atoms with E-state index in [2.05, 4.69) is 5.32 Å². The first-order chi connectivity index (χ1) is 15.3. The summed E-state index contributed by atoms with van der Waals surface area (Å²) in [6, 6.07) is 15.0. The summed E-state index contributed by atoms with van der Waals surface area (Å²) >= 11 is 0. The molecule has 0 aromatic heterocycles. The van der Waals surface area contributed by atoms with Crippen LogP contribution in [0.5, 0.6) is 5.75 Å². The number of nitrogens with one attached hydrogen (secondary N) is 1. The first-order valence-electron chi connectivity index (χ1n) is 9.85. The average molecular weight is 458 g/mol. The van der Waals surface area contributed by atoms with Crippen LogP contribution in [0.4, 0.5) is 20.2 Å². The molecule has 9 heteroatoms. The SMILES string of the molecule is Cc1cc(S(=O)(=O)N2CCc3ccccc32)ccc1OCC(=O)Nc1c(F)cccc1F. The molecule has 32 heavy (non-hydrogen) atoms. The molecular weight excluding hydrogens is 438 g/mol. The topological polar surface area (TPSA) is 75.7 Å². The van der Waals surface area contributed by atoms with Crippen molar-refractivity contribution in [1.82, 2.24) is 0 Å². The van der Waals surface area contributed by atoms with Crippen molar-refractivity contribution in [3.63, 3.8) is 0 Å². The van der Waals surface area contributed by atoms with Gasteiger partial charge in [0.05, 0.1) is 10.6 Å². The van der Waals surface area contributed by atoms with Gasteiger partial charge in [0, 0.05) is 6.54 Å². The van der Waals surface area contributed by atoms with E-state index in [4.69, 9.17) is 4.74 Å². The number of hydrogen-bond donors (Lipinski definition) is 1. The third kappa shape index (κ3) is 4.16. The van der Waals surface area contributed by atoms with Crippen molar-refractivity contribution in [2.75, 3.05) is 22.8 Å². The molecule has 6 nitrogen and oxygen atoms in total. The minimum atomic E-state index is -3.76. The molecule has 1 heterocycles. The molecule has 0 spiro atoms. The lowest BCUT2D eigenvalue weighted by Gasteiger charge is -2.20. The van der Waals surface area contributed by atoms with E-state index in [0.717, 1.165) is 17.7 Å². The van der Waals surface area contributed by atoms with Crippen LogP contribution in [0.25, 0.3) is 0 Å². The zero-order valence-corrected chi connectivity index (χ0v) is 18.0. The Kier molecular flexibility index (Phi) is 5.84. The number of ether oxygens (including phenoxy) is 1. The van der Waals surface area contributed by atoms with Gasteiger partial charge in [0.15, 0.2) is 6.61 Å². The number of rotatable bonds is 6. The zero-order valence-electron chi connectivity index (χ0n) is 17.1. The molecule has 0 fully saturated rings. The fraction of sp³-hybridized carbons (Fsp3) is 0.174. The molecule has 3 aromatic carbocycles. The van der Waals surface area contributed by atoms with Gasteiger partial charge in [-0.1, -0.05) is 24.3 Å². The smallest absolute Gasteiger partial charge is 0.264 e. The second-order valence-corrected chi connectivity index (χ2v) is 9.18. The maximum Gasteiger partial charge on any atom is 0.264 e. The van der Waals surface area contributed by atoms with E-state index in [1.165, 1.54) is 28.6 Å². The first kappa shape index (κ1) is 21.8. The van der Waals surface area contributed by atoms with Gasteiger partial charge < -0.3 is 10.1 Å². The summed E-state index contributed by atoms with van der Waals surface area (Å²) in [5.41, 5.74) is 1.60. The van der Waals surface area contributed by atoms with Crippen LogP contribution in [0.3, 0.4) is 0 Å². The summed E-state index contributed by atoms with van der Waals surface area (Å²) in [4.78, 5) is 12.2. The monoisotopic (exact) mass is 458 g/mol. The van der Waals surface area contributed by atoms with Crippen molar-refractivity contribution in [2.24, 2.45) is 0 Å². The molecule has 1 aliphatic rings. The molecular formula is C23H20F2N2O4S. The van der Waals surface area contributed by atoms with Crippen LogP contribution in [0.15, 0.2) is 65.6 Å². The van der Waals surface area contributed by atoms with Crippen molar-refractivity contribution in [3.8, 4) is 5.75 Å². The minimum absolute atomic E-state index is 0.108. The largest absolute Gasteiger partial charge is 0.483 e. The third-order valence-corrected chi connectivity index (χ3v) is 6.97. The fourth-order valence-electron chi connectivity index (χ4n) is 3.57. The lowest BCUT2D eigenvalue weighted by Crippen LogP contribution is -2.29. The molecule has 0 unspecified atom stereocenters. The fourth-order valence-corrected chi connectivity index (χ4v) is 5.15. The van der Waals surface area contributed by atoms with Crippen LogP contribution in [-0.4, -0.2) is 27.5 Å². The van der Waals surface area contributed by atoms with Gasteiger partial charge in [-0.3, -0.25) is 9.10 Å². The van der Waals surface area contributed by atoms with Crippen LogP contribution >= 0.6 is 0 Å². The highest BCUT2D eigenvalue weighted by Crippen LogP contribution is 2.33. The molecule has 0 radical (unpaired) electrons. The van der Waals surface area contributed by atoms with Gasteiger partial charge in [0.2, 0.25) is 0 Å². The van der Waals surface area contributed by atoms with Crippen molar-refractivity contribution in [1.29, 1.82) is 0 Å². The molecule has 0 atom stereocenters. The number of anilines is 2. The van der Waals surface area contributed by atoms with Gasteiger partial charge in [-0.25, -0.2) is 17.2 Å². The molecule has 0 bridgehead atoms. The van der Waals surface area contributed by atoms with Crippen LogP contribution in [0.1, 0.15) is 11.1 Å². The van der Waals surface area contributed by atoms with E-state index < -0.39 is 39.9 Å². The van der Waals surface area contributed by atoms with E-state index in [1.54, 1.807) is 19.1 Å². The summed E-state index contributed by atoms with van der Waals surface area (Å²) in [6.45, 7) is 1.52. The van der Waals surface area contributed by atoms with Crippen LogP contribution in [0, 0.1) is 18.6 Å². The predicted molar refractivity (Wildman–Crippen MR) is 116 cm³/mol. The van der Waals surface area contributed by atoms with Crippen molar-refractivity contribution < 1.29 is 26.7 Å². The van der Waals surface area contributed by atoms with Crippen LogP contribution in [0.2, 0.25) is 0 Å². The number of nitrogens with zero attached hydrogens (tertiary/aromatic N) is 1. The maximum atomic E-state index is 13.7. The quantitative estimate of drug-likeness (QED) is 0.605. The van der Waals surface area contributed by atoms with E-state index in [-0.39, 0.29) is 10.6 Å². The maximum absolute atomic E-state index is 13.7. The Bertz CT molecular complexity index is 1270. The molecule has 0 aliphatic carbocycles. The molecule has 0 saturated carbocycles. The number of halogens is 2. The Labute approximate surface area is 184 Å². The summed E-state index contributed by atoms with van der Waals surface area (Å²) in [5, 5.41) is 2.13. The number of fused-ring (bicyclic) bond motifs is 1. The summed E-state index contributed by atoms with van der Waals surface area (Å²) in [5.74, 6) is -2.26. The lowest BCUT2D eigenvalue weighted by atomic mass is 10.2. The Morgan fingerprint density at radius 1 is 1.06 bits per heavy atom.